The molecule has 3 rings (SSSR count). The Bertz CT molecular complexity index is 462. The molecule has 0 radical (unpaired) electrons. The van der Waals surface area contributed by atoms with Gasteiger partial charge in [0.05, 0.1) is 13.2 Å². The van der Waals surface area contributed by atoms with Crippen molar-refractivity contribution in [2.45, 2.75) is 69.9 Å². The average molecular weight is 338 g/mol. The topological polar surface area (TPSA) is 76.7 Å². The van der Waals surface area contributed by atoms with Crippen LogP contribution >= 0.6 is 0 Å². The van der Waals surface area contributed by atoms with Crippen LogP contribution < -0.4 is 10.6 Å². The van der Waals surface area contributed by atoms with Crippen molar-refractivity contribution in [3.63, 3.8) is 0 Å². The molecule has 0 bridgehead atoms. The third-order valence-corrected chi connectivity index (χ3v) is 6.14. The maximum absolute atomic E-state index is 12.2. The number of unbranched alkanes of at least 4 members (excludes halogenated alkanes) is 2. The summed E-state index contributed by atoms with van der Waals surface area (Å²) in [6, 6.07) is 0.233. The molecule has 1 heterocycles. The van der Waals surface area contributed by atoms with Crippen LogP contribution in [0.15, 0.2) is 0 Å². The Morgan fingerprint density at radius 1 is 1.21 bits per heavy atom. The number of rotatable bonds is 7. The maximum atomic E-state index is 12.2. The zero-order chi connectivity index (χ0) is 17.0. The van der Waals surface area contributed by atoms with E-state index in [1.54, 1.807) is 0 Å². The van der Waals surface area contributed by atoms with E-state index in [4.69, 9.17) is 4.74 Å². The van der Waals surface area contributed by atoms with Crippen molar-refractivity contribution in [3.8, 4) is 0 Å². The molecule has 24 heavy (non-hydrogen) atoms. The lowest BCUT2D eigenvalue weighted by atomic mass is 9.54. The predicted molar refractivity (Wildman–Crippen MR) is 89.6 cm³/mol. The summed E-state index contributed by atoms with van der Waals surface area (Å²) in [5.41, 5.74) is 0.207. The smallest absolute Gasteiger partial charge is 0.315 e. The Labute approximate surface area is 144 Å². The van der Waals surface area contributed by atoms with E-state index in [-0.39, 0.29) is 23.5 Å². The second-order valence-electron chi connectivity index (χ2n) is 7.45. The molecule has 2 N–H and O–H groups in total. The summed E-state index contributed by atoms with van der Waals surface area (Å²) in [5, 5.41) is 6.20. The number of hydrogen-bond acceptors (Lipinski definition) is 4. The molecule has 1 aliphatic heterocycles. The van der Waals surface area contributed by atoms with Crippen LogP contribution in [0.4, 0.5) is 4.79 Å². The van der Waals surface area contributed by atoms with Gasteiger partial charge in [-0.1, -0.05) is 19.3 Å². The normalized spacial score (nSPS) is 29.8. The molecule has 136 valence electrons. The lowest BCUT2D eigenvalue weighted by Gasteiger charge is -2.56. The zero-order valence-electron chi connectivity index (χ0n) is 14.6. The molecule has 2 amide bonds. The molecule has 0 unspecified atom stereocenters. The number of urea groups is 1. The highest BCUT2D eigenvalue weighted by Gasteiger charge is 2.65. The summed E-state index contributed by atoms with van der Waals surface area (Å²) in [6.45, 7) is 1.49. The van der Waals surface area contributed by atoms with E-state index >= 15 is 0 Å². The van der Waals surface area contributed by atoms with Gasteiger partial charge in [0.15, 0.2) is 0 Å². The Kier molecular flexibility index (Phi) is 5.64. The van der Waals surface area contributed by atoms with Gasteiger partial charge < -0.3 is 20.1 Å². The molecule has 6 nitrogen and oxygen atoms in total. The monoisotopic (exact) mass is 338 g/mol. The molecule has 2 saturated carbocycles. The number of esters is 1. The Balaban J connectivity index is 1.35. The highest BCUT2D eigenvalue weighted by Crippen LogP contribution is 2.60. The largest absolute Gasteiger partial charge is 0.469 e. The summed E-state index contributed by atoms with van der Waals surface area (Å²) in [5.74, 6) is 0.342. The number of hydrogen-bond donors (Lipinski definition) is 2. The molecule has 3 fully saturated rings. The van der Waals surface area contributed by atoms with Crippen molar-refractivity contribution in [3.05, 3.63) is 0 Å². The quantitative estimate of drug-likeness (QED) is 0.552. The summed E-state index contributed by atoms with van der Waals surface area (Å²) < 4.78 is 10.6. The second kappa shape index (κ2) is 7.72. The van der Waals surface area contributed by atoms with Gasteiger partial charge in [0, 0.05) is 36.9 Å². The van der Waals surface area contributed by atoms with E-state index in [9.17, 15) is 9.59 Å². The average Bonchev–Trinajstić information content (AvgIpc) is 3.23. The zero-order valence-corrected chi connectivity index (χ0v) is 14.6. The highest BCUT2D eigenvalue weighted by atomic mass is 16.5. The third kappa shape index (κ3) is 3.39. The lowest BCUT2D eigenvalue weighted by Crippen LogP contribution is -2.69. The molecule has 3 aliphatic rings. The van der Waals surface area contributed by atoms with Crippen LogP contribution in [0.1, 0.15) is 57.8 Å². The first-order valence-electron chi connectivity index (χ1n) is 9.40. The molecule has 0 aromatic rings. The van der Waals surface area contributed by atoms with Gasteiger partial charge in [0.2, 0.25) is 0 Å². The van der Waals surface area contributed by atoms with Crippen LogP contribution in [-0.2, 0) is 14.3 Å². The Hall–Kier alpha value is -1.30. The van der Waals surface area contributed by atoms with Crippen LogP contribution in [-0.4, -0.2) is 44.4 Å². The number of ether oxygens (including phenoxy) is 2. The fourth-order valence-electron chi connectivity index (χ4n) is 4.97. The molecular weight excluding hydrogens is 308 g/mol. The van der Waals surface area contributed by atoms with E-state index in [2.05, 4.69) is 15.4 Å². The van der Waals surface area contributed by atoms with Crippen LogP contribution in [0.2, 0.25) is 0 Å². The molecule has 0 aromatic carbocycles. The first-order valence-corrected chi connectivity index (χ1v) is 9.40. The second-order valence-corrected chi connectivity index (χ2v) is 7.45. The molecule has 1 spiro atoms. The number of nitrogens with one attached hydrogen (secondary N) is 2. The number of methoxy groups -OCH3 is 1. The maximum Gasteiger partial charge on any atom is 0.315 e. The standard InChI is InChI=1S/C18H30N2O4/c1-23-14(21)7-3-2-6-11-19-17(22)20-15-13-8-12-24-16(13)18(15)9-4-5-10-18/h13,15-16H,2-12H2,1H3,(H2,19,20,22)/t13-,15-,16-/m1/s1. The van der Waals surface area contributed by atoms with Crippen molar-refractivity contribution >= 4 is 12.0 Å². The number of carbonyl (C=O) groups excluding carboxylic acids is 2. The van der Waals surface area contributed by atoms with Crippen LogP contribution in [0, 0.1) is 11.3 Å². The van der Waals surface area contributed by atoms with Gasteiger partial charge in [-0.15, -0.1) is 0 Å². The molecule has 0 aromatic heterocycles. The summed E-state index contributed by atoms with van der Waals surface area (Å²) in [6.07, 6.45) is 9.41. The predicted octanol–water partition coefficient (Wildman–Crippen LogP) is 2.37. The Morgan fingerprint density at radius 2 is 2.00 bits per heavy atom. The van der Waals surface area contributed by atoms with E-state index in [0.29, 0.717) is 25.0 Å². The van der Waals surface area contributed by atoms with Gasteiger partial charge in [-0.3, -0.25) is 4.79 Å². The lowest BCUT2D eigenvalue weighted by molar-refractivity contribution is -0.140. The minimum Gasteiger partial charge on any atom is -0.469 e. The fraction of sp³-hybridized carbons (Fsp3) is 0.889. The van der Waals surface area contributed by atoms with Crippen molar-refractivity contribution in [2.24, 2.45) is 11.3 Å². The third-order valence-electron chi connectivity index (χ3n) is 6.14. The fourth-order valence-corrected chi connectivity index (χ4v) is 4.97. The molecular formula is C18H30N2O4. The summed E-state index contributed by atoms with van der Waals surface area (Å²) in [7, 11) is 1.41. The summed E-state index contributed by atoms with van der Waals surface area (Å²) in [4.78, 5) is 23.2. The SMILES string of the molecule is COC(=O)CCCCCNC(=O)N[C@@H]1[C@H]2CCO[C@H]2C12CCCC2. The van der Waals surface area contributed by atoms with E-state index < -0.39 is 0 Å². The van der Waals surface area contributed by atoms with Crippen LogP contribution in [0.25, 0.3) is 0 Å². The van der Waals surface area contributed by atoms with Gasteiger partial charge in [-0.2, -0.15) is 0 Å². The number of amides is 2. The van der Waals surface area contributed by atoms with Gasteiger partial charge in [0.25, 0.3) is 0 Å². The van der Waals surface area contributed by atoms with E-state index in [1.165, 1.54) is 32.8 Å². The van der Waals surface area contributed by atoms with E-state index in [1.807, 2.05) is 0 Å². The van der Waals surface area contributed by atoms with Gasteiger partial charge in [-0.05, 0) is 32.1 Å². The first kappa shape index (κ1) is 17.5. The summed E-state index contributed by atoms with van der Waals surface area (Å²) >= 11 is 0. The van der Waals surface area contributed by atoms with Crippen molar-refractivity contribution in [1.29, 1.82) is 0 Å². The van der Waals surface area contributed by atoms with Gasteiger partial charge >= 0.3 is 12.0 Å². The van der Waals surface area contributed by atoms with Crippen LogP contribution in [0.3, 0.4) is 0 Å². The van der Waals surface area contributed by atoms with Crippen LogP contribution in [0.5, 0.6) is 0 Å². The van der Waals surface area contributed by atoms with Crippen molar-refractivity contribution < 1.29 is 19.1 Å². The number of fused-ring (bicyclic) bond motifs is 2. The minimum absolute atomic E-state index is 0.0513. The first-order chi connectivity index (χ1) is 11.7. The Morgan fingerprint density at radius 3 is 2.75 bits per heavy atom. The molecule has 2 aliphatic carbocycles. The molecule has 1 saturated heterocycles. The molecule has 3 atom stereocenters. The number of carbonyl (C=O) groups is 2. The van der Waals surface area contributed by atoms with E-state index in [0.717, 1.165) is 32.3 Å². The van der Waals surface area contributed by atoms with Crippen molar-refractivity contribution in [2.75, 3.05) is 20.3 Å². The molecule has 6 heteroatoms. The van der Waals surface area contributed by atoms with Gasteiger partial charge in [0.1, 0.15) is 0 Å². The minimum atomic E-state index is -0.166. The van der Waals surface area contributed by atoms with Crippen molar-refractivity contribution in [1.82, 2.24) is 10.6 Å². The highest BCUT2D eigenvalue weighted by molar-refractivity contribution is 5.74. The van der Waals surface area contributed by atoms with Gasteiger partial charge in [-0.25, -0.2) is 4.79 Å².